The van der Waals surface area contributed by atoms with Crippen molar-refractivity contribution in [2.45, 2.75) is 11.4 Å². The molecule has 2 aromatic rings. The Morgan fingerprint density at radius 2 is 1.59 bits per heavy atom. The molecular formula is C19H24N2O5S. The number of likely N-dealkylation sites (N-methyl/N-ethyl adjacent to an activating group) is 2. The van der Waals surface area contributed by atoms with Crippen LogP contribution in [-0.4, -0.2) is 58.4 Å². The van der Waals surface area contributed by atoms with E-state index < -0.39 is 10.0 Å². The van der Waals surface area contributed by atoms with Gasteiger partial charge in [0.2, 0.25) is 15.9 Å². The topological polar surface area (TPSA) is 76.2 Å². The minimum absolute atomic E-state index is 0.155. The first-order valence-electron chi connectivity index (χ1n) is 8.26. The number of amides is 1. The van der Waals surface area contributed by atoms with E-state index in [1.165, 1.54) is 24.1 Å². The van der Waals surface area contributed by atoms with Crippen molar-refractivity contribution in [2.75, 3.05) is 34.9 Å². The van der Waals surface area contributed by atoms with Gasteiger partial charge in [-0.05, 0) is 29.8 Å². The van der Waals surface area contributed by atoms with E-state index in [4.69, 9.17) is 9.47 Å². The summed E-state index contributed by atoms with van der Waals surface area (Å²) < 4.78 is 36.6. The molecule has 146 valence electrons. The average Bonchev–Trinajstić information content (AvgIpc) is 2.68. The van der Waals surface area contributed by atoms with Crippen LogP contribution in [0.25, 0.3) is 0 Å². The van der Waals surface area contributed by atoms with Crippen molar-refractivity contribution in [2.24, 2.45) is 0 Å². The van der Waals surface area contributed by atoms with Gasteiger partial charge in [0.25, 0.3) is 0 Å². The second-order valence-electron chi connectivity index (χ2n) is 6.01. The van der Waals surface area contributed by atoms with E-state index in [0.717, 1.165) is 9.87 Å². The van der Waals surface area contributed by atoms with Gasteiger partial charge >= 0.3 is 0 Å². The molecule has 0 fully saturated rings. The van der Waals surface area contributed by atoms with Crippen LogP contribution in [0.3, 0.4) is 0 Å². The fraction of sp³-hybridized carbons (Fsp3) is 0.316. The Hall–Kier alpha value is -2.58. The molecule has 2 aromatic carbocycles. The number of nitrogens with zero attached hydrogens (tertiary/aromatic N) is 2. The molecule has 0 unspecified atom stereocenters. The van der Waals surface area contributed by atoms with Gasteiger partial charge in [-0.2, -0.15) is 4.31 Å². The van der Waals surface area contributed by atoms with E-state index in [1.54, 1.807) is 51.6 Å². The van der Waals surface area contributed by atoms with Gasteiger partial charge in [0, 0.05) is 20.6 Å². The third-order valence-electron chi connectivity index (χ3n) is 4.10. The predicted molar refractivity (Wildman–Crippen MR) is 102 cm³/mol. The summed E-state index contributed by atoms with van der Waals surface area (Å²) in [5, 5.41) is 0. The minimum Gasteiger partial charge on any atom is -0.493 e. The highest BCUT2D eigenvalue weighted by atomic mass is 32.2. The monoisotopic (exact) mass is 392 g/mol. The van der Waals surface area contributed by atoms with Crippen LogP contribution in [0, 0.1) is 0 Å². The lowest BCUT2D eigenvalue weighted by atomic mass is 10.2. The Morgan fingerprint density at radius 3 is 2.19 bits per heavy atom. The van der Waals surface area contributed by atoms with Gasteiger partial charge in [0.05, 0.1) is 25.7 Å². The summed E-state index contributed by atoms with van der Waals surface area (Å²) in [7, 11) is 2.40. The molecule has 0 N–H and O–H groups in total. The van der Waals surface area contributed by atoms with Crippen LogP contribution in [0.2, 0.25) is 0 Å². The number of sulfonamides is 1. The molecule has 0 atom stereocenters. The molecule has 0 saturated carbocycles. The summed E-state index contributed by atoms with van der Waals surface area (Å²) in [4.78, 5) is 14.1. The summed E-state index contributed by atoms with van der Waals surface area (Å²) in [5.74, 6) is 0.857. The van der Waals surface area contributed by atoms with E-state index in [1.807, 2.05) is 6.07 Å². The standard InChI is InChI=1S/C19H24N2O5S/c1-20(13-15-10-11-17(25-3)18(12-15)26-4)19(22)14-21(2)27(23,24)16-8-6-5-7-9-16/h5-12H,13-14H2,1-4H3. The molecule has 0 saturated heterocycles. The van der Waals surface area contributed by atoms with Gasteiger partial charge in [-0.1, -0.05) is 24.3 Å². The van der Waals surface area contributed by atoms with Crippen molar-refractivity contribution in [3.8, 4) is 11.5 Å². The number of carbonyl (C=O) groups is 1. The van der Waals surface area contributed by atoms with Crippen LogP contribution in [0.1, 0.15) is 5.56 Å². The molecule has 2 rings (SSSR count). The predicted octanol–water partition coefficient (Wildman–Crippen LogP) is 1.98. The van der Waals surface area contributed by atoms with Crippen molar-refractivity contribution in [3.05, 3.63) is 54.1 Å². The highest BCUT2D eigenvalue weighted by molar-refractivity contribution is 7.89. The quantitative estimate of drug-likeness (QED) is 0.687. The third-order valence-corrected chi connectivity index (χ3v) is 5.92. The number of benzene rings is 2. The smallest absolute Gasteiger partial charge is 0.243 e. The van der Waals surface area contributed by atoms with Gasteiger partial charge in [0.15, 0.2) is 11.5 Å². The Bertz CT molecular complexity index is 884. The Balaban J connectivity index is 2.05. The first-order valence-corrected chi connectivity index (χ1v) is 9.70. The van der Waals surface area contributed by atoms with E-state index in [9.17, 15) is 13.2 Å². The highest BCUT2D eigenvalue weighted by Crippen LogP contribution is 2.28. The summed E-state index contributed by atoms with van der Waals surface area (Å²) in [6.07, 6.45) is 0. The molecule has 0 spiro atoms. The molecule has 27 heavy (non-hydrogen) atoms. The average molecular weight is 392 g/mol. The van der Waals surface area contributed by atoms with Crippen LogP contribution in [0.5, 0.6) is 11.5 Å². The van der Waals surface area contributed by atoms with Crippen molar-refractivity contribution < 1.29 is 22.7 Å². The molecule has 0 bridgehead atoms. The zero-order valence-corrected chi connectivity index (χ0v) is 16.7. The number of carbonyl (C=O) groups excluding carboxylic acids is 1. The lowest BCUT2D eigenvalue weighted by Crippen LogP contribution is -2.39. The normalized spacial score (nSPS) is 11.3. The number of ether oxygens (including phenoxy) is 2. The molecule has 7 nitrogen and oxygen atoms in total. The van der Waals surface area contributed by atoms with Gasteiger partial charge in [-0.25, -0.2) is 8.42 Å². The minimum atomic E-state index is -3.71. The Morgan fingerprint density at radius 1 is 0.963 bits per heavy atom. The molecular weight excluding hydrogens is 368 g/mol. The molecule has 0 radical (unpaired) electrons. The maximum atomic E-state index is 12.5. The van der Waals surface area contributed by atoms with Crippen molar-refractivity contribution >= 4 is 15.9 Å². The Labute approximate surface area is 160 Å². The number of rotatable bonds is 8. The lowest BCUT2D eigenvalue weighted by molar-refractivity contribution is -0.130. The summed E-state index contributed by atoms with van der Waals surface area (Å²) in [6, 6.07) is 13.4. The molecule has 0 heterocycles. The van der Waals surface area contributed by atoms with Crippen LogP contribution in [0.4, 0.5) is 0 Å². The second kappa shape index (κ2) is 8.88. The van der Waals surface area contributed by atoms with Crippen molar-refractivity contribution in [3.63, 3.8) is 0 Å². The second-order valence-corrected chi connectivity index (χ2v) is 8.06. The van der Waals surface area contributed by atoms with Crippen LogP contribution < -0.4 is 9.47 Å². The number of hydrogen-bond acceptors (Lipinski definition) is 5. The van der Waals surface area contributed by atoms with Crippen LogP contribution in [0.15, 0.2) is 53.4 Å². The fourth-order valence-corrected chi connectivity index (χ4v) is 3.65. The molecule has 8 heteroatoms. The zero-order chi connectivity index (χ0) is 20.0. The first kappa shape index (κ1) is 20.7. The largest absolute Gasteiger partial charge is 0.493 e. The molecule has 0 aliphatic rings. The molecule has 1 amide bonds. The van der Waals surface area contributed by atoms with Gasteiger partial charge in [-0.3, -0.25) is 4.79 Å². The SMILES string of the molecule is COc1ccc(CN(C)C(=O)CN(C)S(=O)(=O)c2ccccc2)cc1OC. The molecule has 0 aromatic heterocycles. The van der Waals surface area contributed by atoms with Crippen molar-refractivity contribution in [1.29, 1.82) is 0 Å². The lowest BCUT2D eigenvalue weighted by Gasteiger charge is -2.22. The maximum Gasteiger partial charge on any atom is 0.243 e. The van der Waals surface area contributed by atoms with Gasteiger partial charge in [0.1, 0.15) is 0 Å². The third kappa shape index (κ3) is 4.99. The van der Waals surface area contributed by atoms with E-state index in [2.05, 4.69) is 0 Å². The van der Waals surface area contributed by atoms with Crippen LogP contribution >= 0.6 is 0 Å². The zero-order valence-electron chi connectivity index (χ0n) is 15.9. The van der Waals surface area contributed by atoms with E-state index in [-0.39, 0.29) is 17.3 Å². The summed E-state index contributed by atoms with van der Waals surface area (Å²) in [6.45, 7) is 0.0689. The fourth-order valence-electron chi connectivity index (χ4n) is 2.51. The maximum absolute atomic E-state index is 12.5. The summed E-state index contributed by atoms with van der Waals surface area (Å²) in [5.41, 5.74) is 0.845. The number of methoxy groups -OCH3 is 2. The molecule has 0 aliphatic carbocycles. The molecule has 0 aliphatic heterocycles. The Kier molecular flexibility index (Phi) is 6.81. The van der Waals surface area contributed by atoms with Gasteiger partial charge in [-0.15, -0.1) is 0 Å². The van der Waals surface area contributed by atoms with Gasteiger partial charge < -0.3 is 14.4 Å². The number of hydrogen-bond donors (Lipinski definition) is 0. The first-order chi connectivity index (χ1) is 12.8. The highest BCUT2D eigenvalue weighted by Gasteiger charge is 2.24. The van der Waals surface area contributed by atoms with Crippen molar-refractivity contribution in [1.82, 2.24) is 9.21 Å². The summed E-state index contributed by atoms with van der Waals surface area (Å²) >= 11 is 0. The van der Waals surface area contributed by atoms with Crippen LogP contribution in [-0.2, 0) is 21.4 Å². The van der Waals surface area contributed by atoms with E-state index >= 15 is 0 Å². The van der Waals surface area contributed by atoms with E-state index in [0.29, 0.717) is 18.0 Å².